The smallest absolute Gasteiger partial charge is 0.234 e. The summed E-state index contributed by atoms with van der Waals surface area (Å²) < 4.78 is 5.68. The van der Waals surface area contributed by atoms with Crippen LogP contribution in [-0.4, -0.2) is 62.8 Å². The largest absolute Gasteiger partial charge is 0.374 e. The van der Waals surface area contributed by atoms with Gasteiger partial charge in [-0.2, -0.15) is 0 Å². The molecule has 0 aromatic heterocycles. The van der Waals surface area contributed by atoms with E-state index in [2.05, 4.69) is 29.4 Å². The van der Waals surface area contributed by atoms with Crippen LogP contribution >= 0.6 is 0 Å². The fraction of sp³-hybridized carbons (Fsp3) is 0.938. The maximum atomic E-state index is 12.2. The molecule has 0 radical (unpaired) electrons. The van der Waals surface area contributed by atoms with Crippen molar-refractivity contribution >= 4 is 5.91 Å². The fourth-order valence-corrected chi connectivity index (χ4v) is 3.43. The standard InChI is InChI=1S/C16H31N3O2/c1-12-5-4-6-15(13(12)2)18-16(20)11-19(3)10-14-9-17-7-8-21-14/h12-15,17H,4-11H2,1-3H3,(H,18,20). The van der Waals surface area contributed by atoms with Crippen LogP contribution in [0.1, 0.15) is 33.1 Å². The second-order valence-electron chi connectivity index (χ2n) is 6.83. The van der Waals surface area contributed by atoms with Gasteiger partial charge in [0.05, 0.1) is 19.3 Å². The normalized spacial score (nSPS) is 33.9. The summed E-state index contributed by atoms with van der Waals surface area (Å²) in [6.07, 6.45) is 3.84. The van der Waals surface area contributed by atoms with Crippen LogP contribution in [0.3, 0.4) is 0 Å². The Balaban J connectivity index is 1.70. The number of nitrogens with one attached hydrogen (secondary N) is 2. The molecule has 5 heteroatoms. The molecule has 1 saturated heterocycles. The van der Waals surface area contributed by atoms with Crippen molar-refractivity contribution in [3.8, 4) is 0 Å². The SMILES string of the molecule is CC1CCCC(NC(=O)CN(C)CC2CNCCO2)C1C. The maximum Gasteiger partial charge on any atom is 0.234 e. The molecule has 4 unspecified atom stereocenters. The summed E-state index contributed by atoms with van der Waals surface area (Å²) in [5, 5.41) is 6.55. The summed E-state index contributed by atoms with van der Waals surface area (Å²) in [5.41, 5.74) is 0. The first-order valence-corrected chi connectivity index (χ1v) is 8.36. The van der Waals surface area contributed by atoms with Gasteiger partial charge in [0.1, 0.15) is 0 Å². The fourth-order valence-electron chi connectivity index (χ4n) is 3.43. The van der Waals surface area contributed by atoms with Crippen LogP contribution in [0.4, 0.5) is 0 Å². The molecule has 0 spiro atoms. The summed E-state index contributed by atoms with van der Waals surface area (Å²) in [5.74, 6) is 1.44. The van der Waals surface area contributed by atoms with E-state index < -0.39 is 0 Å². The first kappa shape index (κ1) is 16.7. The van der Waals surface area contributed by atoms with E-state index in [4.69, 9.17) is 4.74 Å². The summed E-state index contributed by atoms with van der Waals surface area (Å²) >= 11 is 0. The third-order valence-corrected chi connectivity index (χ3v) is 4.99. The van der Waals surface area contributed by atoms with Gasteiger partial charge in [0, 0.05) is 25.7 Å². The molecule has 0 bridgehead atoms. The van der Waals surface area contributed by atoms with Gasteiger partial charge in [0.25, 0.3) is 0 Å². The van der Waals surface area contributed by atoms with Gasteiger partial charge in [-0.15, -0.1) is 0 Å². The highest BCUT2D eigenvalue weighted by Gasteiger charge is 2.28. The highest BCUT2D eigenvalue weighted by molar-refractivity contribution is 5.78. The summed E-state index contributed by atoms with van der Waals surface area (Å²) in [6, 6.07) is 0.349. The minimum absolute atomic E-state index is 0.146. The molecule has 21 heavy (non-hydrogen) atoms. The molecule has 0 aromatic carbocycles. The lowest BCUT2D eigenvalue weighted by molar-refractivity contribution is -0.123. The second-order valence-corrected chi connectivity index (χ2v) is 6.83. The minimum atomic E-state index is 0.146. The van der Waals surface area contributed by atoms with E-state index in [1.807, 2.05) is 7.05 Å². The Morgan fingerprint density at radius 2 is 2.19 bits per heavy atom. The minimum Gasteiger partial charge on any atom is -0.374 e. The van der Waals surface area contributed by atoms with Crippen LogP contribution in [0.5, 0.6) is 0 Å². The molecule has 1 aliphatic heterocycles. The zero-order chi connectivity index (χ0) is 15.2. The number of hydrogen-bond donors (Lipinski definition) is 2. The predicted octanol–water partition coefficient (Wildman–Crippen LogP) is 0.848. The van der Waals surface area contributed by atoms with Crippen molar-refractivity contribution in [3.05, 3.63) is 0 Å². The van der Waals surface area contributed by atoms with Gasteiger partial charge in [-0.25, -0.2) is 0 Å². The molecule has 2 aliphatic rings. The summed E-state index contributed by atoms with van der Waals surface area (Å²) in [7, 11) is 1.99. The van der Waals surface area contributed by atoms with Crippen molar-refractivity contribution in [1.82, 2.24) is 15.5 Å². The molecule has 2 N–H and O–H groups in total. The molecule has 122 valence electrons. The molecule has 2 rings (SSSR count). The molecular formula is C16H31N3O2. The molecular weight excluding hydrogens is 266 g/mol. The van der Waals surface area contributed by atoms with Crippen LogP contribution in [0.25, 0.3) is 0 Å². The third kappa shape index (κ3) is 5.24. The van der Waals surface area contributed by atoms with Crippen LogP contribution in [-0.2, 0) is 9.53 Å². The Kier molecular flexibility index (Phi) is 6.45. The van der Waals surface area contributed by atoms with Crippen molar-refractivity contribution in [1.29, 1.82) is 0 Å². The average molecular weight is 297 g/mol. The summed E-state index contributed by atoms with van der Waals surface area (Å²) in [4.78, 5) is 14.3. The zero-order valence-corrected chi connectivity index (χ0v) is 13.7. The highest BCUT2D eigenvalue weighted by atomic mass is 16.5. The average Bonchev–Trinajstić information content (AvgIpc) is 2.44. The first-order valence-electron chi connectivity index (χ1n) is 8.36. The third-order valence-electron chi connectivity index (χ3n) is 4.99. The molecule has 1 aliphatic carbocycles. The van der Waals surface area contributed by atoms with E-state index in [0.29, 0.717) is 24.4 Å². The van der Waals surface area contributed by atoms with Gasteiger partial charge in [-0.05, 0) is 25.3 Å². The van der Waals surface area contributed by atoms with Crippen molar-refractivity contribution in [2.24, 2.45) is 11.8 Å². The number of carbonyl (C=O) groups is 1. The lowest BCUT2D eigenvalue weighted by Gasteiger charge is -2.35. The number of likely N-dealkylation sites (N-methyl/N-ethyl adjacent to an activating group) is 1. The zero-order valence-electron chi connectivity index (χ0n) is 13.7. The molecule has 2 fully saturated rings. The Hall–Kier alpha value is -0.650. The second kappa shape index (κ2) is 8.11. The van der Waals surface area contributed by atoms with Gasteiger partial charge in [0.2, 0.25) is 5.91 Å². The van der Waals surface area contributed by atoms with E-state index in [-0.39, 0.29) is 12.0 Å². The molecule has 5 nitrogen and oxygen atoms in total. The van der Waals surface area contributed by atoms with E-state index in [9.17, 15) is 4.79 Å². The van der Waals surface area contributed by atoms with E-state index in [0.717, 1.165) is 32.7 Å². The number of rotatable bonds is 5. The topological polar surface area (TPSA) is 53.6 Å². The van der Waals surface area contributed by atoms with Crippen LogP contribution in [0, 0.1) is 11.8 Å². The Morgan fingerprint density at radius 3 is 2.90 bits per heavy atom. The number of morpholine rings is 1. The molecule has 1 saturated carbocycles. The van der Waals surface area contributed by atoms with Crippen LogP contribution in [0.2, 0.25) is 0 Å². The monoisotopic (exact) mass is 297 g/mol. The Bertz CT molecular complexity index is 331. The Labute approximate surface area is 128 Å². The van der Waals surface area contributed by atoms with Gasteiger partial charge in [-0.1, -0.05) is 26.7 Å². The number of nitrogens with zero attached hydrogens (tertiary/aromatic N) is 1. The first-order chi connectivity index (χ1) is 10.1. The van der Waals surface area contributed by atoms with Crippen molar-refractivity contribution in [2.75, 3.05) is 39.8 Å². The number of carbonyl (C=O) groups excluding carboxylic acids is 1. The molecule has 0 aromatic rings. The Morgan fingerprint density at radius 1 is 1.38 bits per heavy atom. The lowest BCUT2D eigenvalue weighted by Crippen LogP contribution is -2.49. The van der Waals surface area contributed by atoms with Crippen LogP contribution < -0.4 is 10.6 Å². The van der Waals surface area contributed by atoms with E-state index in [1.165, 1.54) is 12.8 Å². The summed E-state index contributed by atoms with van der Waals surface area (Å²) in [6.45, 7) is 8.39. The lowest BCUT2D eigenvalue weighted by atomic mass is 9.78. The number of ether oxygens (including phenoxy) is 1. The number of amides is 1. The van der Waals surface area contributed by atoms with Gasteiger partial charge >= 0.3 is 0 Å². The van der Waals surface area contributed by atoms with Gasteiger partial charge < -0.3 is 15.4 Å². The molecule has 4 atom stereocenters. The van der Waals surface area contributed by atoms with Crippen molar-refractivity contribution in [3.63, 3.8) is 0 Å². The van der Waals surface area contributed by atoms with Gasteiger partial charge in [-0.3, -0.25) is 9.69 Å². The highest BCUT2D eigenvalue weighted by Crippen LogP contribution is 2.29. The maximum absolute atomic E-state index is 12.2. The van der Waals surface area contributed by atoms with E-state index in [1.54, 1.807) is 0 Å². The molecule has 1 heterocycles. The number of hydrogen-bond acceptors (Lipinski definition) is 4. The predicted molar refractivity (Wildman–Crippen MR) is 84.2 cm³/mol. The van der Waals surface area contributed by atoms with Crippen LogP contribution in [0.15, 0.2) is 0 Å². The van der Waals surface area contributed by atoms with E-state index >= 15 is 0 Å². The van der Waals surface area contributed by atoms with Crippen molar-refractivity contribution in [2.45, 2.75) is 45.3 Å². The van der Waals surface area contributed by atoms with Gasteiger partial charge in [0.15, 0.2) is 0 Å². The quantitative estimate of drug-likeness (QED) is 0.790. The van der Waals surface area contributed by atoms with Crippen molar-refractivity contribution < 1.29 is 9.53 Å². The molecule has 1 amide bonds.